The maximum atomic E-state index is 14.2. The average Bonchev–Trinajstić information content (AvgIpc) is 3.30. The number of halogens is 4. The van der Waals surface area contributed by atoms with E-state index in [2.05, 4.69) is 15.4 Å². The number of ether oxygens (including phenoxy) is 2. The van der Waals surface area contributed by atoms with Gasteiger partial charge in [-0.2, -0.15) is 18.3 Å². The first-order valence-electron chi connectivity index (χ1n) is 10.2. The van der Waals surface area contributed by atoms with Gasteiger partial charge in [-0.25, -0.2) is 9.07 Å². The van der Waals surface area contributed by atoms with E-state index in [1.807, 2.05) is 0 Å². The number of carbonyl (C=O) groups is 1. The molecule has 180 valence electrons. The first-order chi connectivity index (χ1) is 16.8. The molecule has 0 fully saturated rings. The number of anilines is 1. The van der Waals surface area contributed by atoms with Crippen molar-refractivity contribution in [3.8, 4) is 17.2 Å². The molecule has 0 unspecified atom stereocenters. The quantitative estimate of drug-likeness (QED) is 0.361. The number of pyridine rings is 1. The Labute approximate surface area is 196 Å². The molecular formula is C24H18F4N4O3. The molecule has 1 N–H and O–H groups in total. The lowest BCUT2D eigenvalue weighted by atomic mass is 10.2. The Morgan fingerprint density at radius 2 is 1.86 bits per heavy atom. The molecule has 11 heteroatoms. The highest BCUT2D eigenvalue weighted by atomic mass is 19.4. The fraction of sp³-hybridized carbons (Fsp3) is 0.125. The van der Waals surface area contributed by atoms with E-state index in [0.29, 0.717) is 10.4 Å². The summed E-state index contributed by atoms with van der Waals surface area (Å²) in [6.45, 7) is 0.148. The number of carbonyl (C=O) groups excluding carboxylic acids is 1. The van der Waals surface area contributed by atoms with E-state index in [9.17, 15) is 22.4 Å². The van der Waals surface area contributed by atoms with E-state index in [0.717, 1.165) is 23.9 Å². The van der Waals surface area contributed by atoms with Crippen LogP contribution in [0.4, 0.5) is 23.2 Å². The second-order valence-electron chi connectivity index (χ2n) is 7.24. The van der Waals surface area contributed by atoms with Crippen LogP contribution in [0, 0.1) is 5.82 Å². The number of para-hydroxylation sites is 1. The summed E-state index contributed by atoms with van der Waals surface area (Å²) in [6, 6.07) is 12.7. The number of rotatable bonds is 7. The highest BCUT2D eigenvalue weighted by molar-refractivity contribution is 6.05. The Bertz CT molecular complexity index is 1340. The number of benzene rings is 2. The lowest BCUT2D eigenvalue weighted by Gasteiger charge is -2.14. The molecule has 0 aliphatic rings. The van der Waals surface area contributed by atoms with E-state index in [4.69, 9.17) is 9.47 Å². The van der Waals surface area contributed by atoms with Gasteiger partial charge in [0, 0.05) is 29.7 Å². The van der Waals surface area contributed by atoms with Crippen molar-refractivity contribution in [1.82, 2.24) is 14.8 Å². The van der Waals surface area contributed by atoms with Crippen molar-refractivity contribution in [2.24, 2.45) is 0 Å². The van der Waals surface area contributed by atoms with Gasteiger partial charge in [-0.1, -0.05) is 18.2 Å². The van der Waals surface area contributed by atoms with Crippen LogP contribution in [0.5, 0.6) is 11.5 Å². The molecule has 7 nitrogen and oxygen atoms in total. The Kier molecular flexibility index (Phi) is 6.67. The Balaban J connectivity index is 1.62. The molecule has 2 aromatic carbocycles. The first-order valence-corrected chi connectivity index (χ1v) is 10.2. The van der Waals surface area contributed by atoms with E-state index in [-0.39, 0.29) is 18.0 Å². The number of hydrogen-bond acceptors (Lipinski definition) is 5. The molecule has 2 heterocycles. The molecule has 35 heavy (non-hydrogen) atoms. The van der Waals surface area contributed by atoms with Gasteiger partial charge in [0.05, 0.1) is 18.9 Å². The SMILES string of the molecule is COc1ccc(NC(=O)c2cnn(-c3ccccc3F)c2C(F)(F)F)cc1OCc1cccnc1. The average molecular weight is 486 g/mol. The zero-order chi connectivity index (χ0) is 25.0. The number of nitrogens with zero attached hydrogens (tertiary/aromatic N) is 3. The normalized spacial score (nSPS) is 11.2. The summed E-state index contributed by atoms with van der Waals surface area (Å²) in [7, 11) is 1.43. The van der Waals surface area contributed by atoms with Crippen molar-refractivity contribution < 1.29 is 31.8 Å². The topological polar surface area (TPSA) is 78.3 Å². The van der Waals surface area contributed by atoms with Crippen molar-refractivity contribution in [2.75, 3.05) is 12.4 Å². The molecule has 0 radical (unpaired) electrons. The molecule has 0 aliphatic heterocycles. The zero-order valence-corrected chi connectivity index (χ0v) is 18.2. The molecule has 4 aromatic rings. The molecule has 2 aromatic heterocycles. The Morgan fingerprint density at radius 3 is 2.54 bits per heavy atom. The largest absolute Gasteiger partial charge is 0.493 e. The predicted molar refractivity (Wildman–Crippen MR) is 118 cm³/mol. The smallest absolute Gasteiger partial charge is 0.434 e. The van der Waals surface area contributed by atoms with Crippen LogP contribution in [0.1, 0.15) is 21.6 Å². The van der Waals surface area contributed by atoms with Gasteiger partial charge in [-0.05, 0) is 30.3 Å². The van der Waals surface area contributed by atoms with Crippen LogP contribution in [-0.2, 0) is 12.8 Å². The summed E-state index contributed by atoms with van der Waals surface area (Å²) in [5.74, 6) is -1.38. The van der Waals surface area contributed by atoms with E-state index in [1.54, 1.807) is 24.5 Å². The minimum Gasteiger partial charge on any atom is -0.493 e. The van der Waals surface area contributed by atoms with Gasteiger partial charge in [0.15, 0.2) is 17.2 Å². The van der Waals surface area contributed by atoms with Crippen LogP contribution in [0.2, 0.25) is 0 Å². The van der Waals surface area contributed by atoms with E-state index in [1.165, 1.54) is 37.4 Å². The predicted octanol–water partition coefficient (Wildman–Crippen LogP) is 5.27. The number of hydrogen-bond donors (Lipinski definition) is 1. The maximum absolute atomic E-state index is 14.2. The molecule has 0 aliphatic carbocycles. The standard InChI is InChI=1S/C24H18F4N4O3/c1-34-20-9-8-16(11-21(20)35-14-15-5-4-10-29-12-15)31-23(33)17-13-30-32(22(17)24(26,27)28)19-7-3-2-6-18(19)25/h2-13H,14H2,1H3,(H,31,33). The second-order valence-corrected chi connectivity index (χ2v) is 7.24. The van der Waals surface area contributed by atoms with Gasteiger partial charge in [-0.15, -0.1) is 0 Å². The molecule has 4 rings (SSSR count). The van der Waals surface area contributed by atoms with E-state index < -0.39 is 34.8 Å². The van der Waals surface area contributed by atoms with Crippen LogP contribution in [-0.4, -0.2) is 27.8 Å². The molecule has 0 bridgehead atoms. The fourth-order valence-corrected chi connectivity index (χ4v) is 3.30. The lowest BCUT2D eigenvalue weighted by Crippen LogP contribution is -2.21. The third kappa shape index (κ3) is 5.24. The molecule has 0 saturated heterocycles. The summed E-state index contributed by atoms with van der Waals surface area (Å²) in [5, 5.41) is 6.04. The second kappa shape index (κ2) is 9.84. The summed E-state index contributed by atoms with van der Waals surface area (Å²) in [5.41, 5.74) is -1.67. The minimum absolute atomic E-state index is 0.148. The summed E-state index contributed by atoms with van der Waals surface area (Å²) in [4.78, 5) is 16.8. The van der Waals surface area contributed by atoms with Gasteiger partial charge in [-0.3, -0.25) is 9.78 Å². The van der Waals surface area contributed by atoms with Gasteiger partial charge in [0.25, 0.3) is 5.91 Å². The number of methoxy groups -OCH3 is 1. The van der Waals surface area contributed by atoms with Crippen LogP contribution in [0.25, 0.3) is 5.69 Å². The Morgan fingerprint density at radius 1 is 1.06 bits per heavy atom. The highest BCUT2D eigenvalue weighted by Crippen LogP contribution is 2.35. The van der Waals surface area contributed by atoms with Crippen molar-refractivity contribution >= 4 is 11.6 Å². The maximum Gasteiger partial charge on any atom is 0.434 e. The van der Waals surface area contributed by atoms with Crippen LogP contribution in [0.3, 0.4) is 0 Å². The van der Waals surface area contributed by atoms with Crippen molar-refractivity contribution in [3.63, 3.8) is 0 Å². The van der Waals surface area contributed by atoms with Crippen LogP contribution in [0.15, 0.2) is 73.2 Å². The zero-order valence-electron chi connectivity index (χ0n) is 18.2. The van der Waals surface area contributed by atoms with Gasteiger partial charge < -0.3 is 14.8 Å². The first kappa shape index (κ1) is 23.7. The number of aromatic nitrogens is 3. The number of nitrogens with one attached hydrogen (secondary N) is 1. The Hall–Kier alpha value is -4.41. The summed E-state index contributed by atoms with van der Waals surface area (Å²) >= 11 is 0. The summed E-state index contributed by atoms with van der Waals surface area (Å²) < 4.78 is 67.1. The molecule has 1 amide bonds. The molecule has 0 saturated carbocycles. The molecule has 0 atom stereocenters. The van der Waals surface area contributed by atoms with Gasteiger partial charge in [0.2, 0.25) is 0 Å². The van der Waals surface area contributed by atoms with Crippen molar-refractivity contribution in [1.29, 1.82) is 0 Å². The number of alkyl halides is 3. The summed E-state index contributed by atoms with van der Waals surface area (Å²) in [6.07, 6.45) is -1.01. The monoisotopic (exact) mass is 486 g/mol. The third-order valence-electron chi connectivity index (χ3n) is 4.90. The highest BCUT2D eigenvalue weighted by Gasteiger charge is 2.41. The molecular weight excluding hydrogens is 468 g/mol. The van der Waals surface area contributed by atoms with Crippen molar-refractivity contribution in [2.45, 2.75) is 12.8 Å². The van der Waals surface area contributed by atoms with Crippen LogP contribution < -0.4 is 14.8 Å². The third-order valence-corrected chi connectivity index (χ3v) is 4.90. The van der Waals surface area contributed by atoms with Gasteiger partial charge in [0.1, 0.15) is 18.1 Å². The molecule has 0 spiro atoms. The van der Waals surface area contributed by atoms with Crippen LogP contribution >= 0.6 is 0 Å². The fourth-order valence-electron chi connectivity index (χ4n) is 3.30. The van der Waals surface area contributed by atoms with E-state index >= 15 is 0 Å². The number of amides is 1. The van der Waals surface area contributed by atoms with Gasteiger partial charge >= 0.3 is 6.18 Å². The van der Waals surface area contributed by atoms with Crippen molar-refractivity contribution in [3.05, 3.63) is 95.8 Å². The minimum atomic E-state index is -4.98. The lowest BCUT2D eigenvalue weighted by molar-refractivity contribution is -0.143.